The monoisotopic (exact) mass is 959 g/mol. The molecule has 0 aliphatic heterocycles. The van der Waals surface area contributed by atoms with Crippen LogP contribution in [0.4, 0.5) is 0 Å². The molecule has 0 atom stereocenters. The third-order valence-corrected chi connectivity index (χ3v) is 194. The van der Waals surface area contributed by atoms with E-state index in [9.17, 15) is 0 Å². The van der Waals surface area contributed by atoms with E-state index < -0.39 is 7.27 Å². The molecule has 0 aromatic rings. The first-order valence-electron chi connectivity index (χ1n) is 5.13. The van der Waals surface area contributed by atoms with Crippen molar-refractivity contribution >= 4 is 138 Å². The largest absolute Gasteiger partial charge is 0.220 e. The van der Waals surface area contributed by atoms with Gasteiger partial charge in [0.1, 0.15) is 0 Å². The molecule has 0 nitrogen and oxygen atoms in total. The maximum Gasteiger partial charge on any atom is 0.220 e. The molecule has 0 spiro atoms. The van der Waals surface area contributed by atoms with Gasteiger partial charge in [0.2, 0.25) is 7.27 Å². The number of halogens is 6. The van der Waals surface area contributed by atoms with Crippen molar-refractivity contribution in [2.45, 2.75) is 51.6 Å². The zero-order valence-electron chi connectivity index (χ0n) is 10.8. The lowest BCUT2D eigenvalue weighted by molar-refractivity contribution is 0.755. The minimum absolute atomic E-state index is 0.489. The zero-order valence-corrected chi connectivity index (χ0v) is 26.7. The lowest BCUT2D eigenvalue weighted by Crippen LogP contribution is -2.66. The van der Waals surface area contributed by atoms with Crippen LogP contribution in [0.15, 0.2) is 0 Å². The normalized spacial score (nSPS) is 16.2. The van der Waals surface area contributed by atoms with Crippen LogP contribution in [0, 0.1) is 0 Å². The molecule has 0 aromatic heterocycles. The summed E-state index contributed by atoms with van der Waals surface area (Å²) in [5.41, 5.74) is 0. The van der Waals surface area contributed by atoms with E-state index in [2.05, 4.69) is 172 Å². The van der Waals surface area contributed by atoms with Gasteiger partial charge in [0, 0.05) is 0 Å². The second kappa shape index (κ2) is 6.88. The van der Waals surface area contributed by atoms with Gasteiger partial charge in [-0.3, -0.25) is 0 Å². The van der Waals surface area contributed by atoms with Crippen molar-refractivity contribution in [3.8, 4) is 0 Å². The Hall–Kier alpha value is 5.03. The minimum Gasteiger partial charge on any atom is -0.108 e. The maximum absolute atomic E-state index is 2.93. The molecule has 17 heavy (non-hydrogen) atoms. The lowest BCUT2D eigenvalue weighted by atomic mass is 10.3. The number of hydrogen-bond acceptors (Lipinski definition) is 0. The fourth-order valence-corrected chi connectivity index (χ4v) is 149. The average molecular weight is 960 g/mol. The molecule has 0 radical (unpaired) electrons. The Labute approximate surface area is 185 Å². The highest BCUT2D eigenvalue weighted by Gasteiger charge is 2.69. The van der Waals surface area contributed by atoms with Crippen molar-refractivity contribution in [2.75, 3.05) is 0 Å². The Bertz CT molecular complexity index is 261. The Balaban J connectivity index is 5.73. The second-order valence-corrected chi connectivity index (χ2v) is 95.3. The van der Waals surface area contributed by atoms with E-state index in [-0.39, 0.29) is 0 Å². The van der Waals surface area contributed by atoms with E-state index in [1.54, 1.807) is 0 Å². The molecule has 0 unspecified atom stereocenters. The standard InChI is InChI=1S/C8H18I6Si3/c1-7(2,3)15(9,10)17(13,14)16(11,12)8(4,5)6/h1-6H3. The average Bonchev–Trinajstić information content (AvgIpc) is 1.98. The van der Waals surface area contributed by atoms with E-state index in [1.165, 1.54) is 0 Å². The highest BCUT2D eigenvalue weighted by Crippen LogP contribution is 2.65. The van der Waals surface area contributed by atoms with Crippen molar-refractivity contribution < 1.29 is 0 Å². The maximum atomic E-state index is 2.93. The SMILES string of the molecule is CC(C)(C)[Si](I)(I)[Si](I)(I)[Si](I)(I)C(C)(C)C. The minimum atomic E-state index is -1.28. The molecule has 9 heteroatoms. The first-order valence-corrected chi connectivity index (χ1v) is 31.8. The molecule has 0 aromatic carbocycles. The summed E-state index contributed by atoms with van der Waals surface area (Å²) in [6.07, 6.45) is 0. The van der Waals surface area contributed by atoms with E-state index in [0.29, 0.717) is 10.1 Å². The summed E-state index contributed by atoms with van der Waals surface area (Å²) < 4.78 is -3.82. The van der Waals surface area contributed by atoms with E-state index in [4.69, 9.17) is 0 Å². The summed E-state index contributed by atoms with van der Waals surface area (Å²) in [4.78, 5) is 0. The summed E-state index contributed by atoms with van der Waals surface area (Å²) in [6.45, 7) is 14.7. The second-order valence-electron chi connectivity index (χ2n) is 6.22. The molecule has 0 rings (SSSR count). The van der Waals surface area contributed by atoms with Crippen molar-refractivity contribution in [3.05, 3.63) is 0 Å². The van der Waals surface area contributed by atoms with Gasteiger partial charge in [-0.05, 0) is 10.1 Å². The van der Waals surface area contributed by atoms with Gasteiger partial charge < -0.3 is 0 Å². The predicted octanol–water partition coefficient (Wildman–Crippen LogP) is 7.68. The van der Waals surface area contributed by atoms with E-state index in [1.807, 2.05) is 0 Å². The fraction of sp³-hybridized carbons (Fsp3) is 1.00. The van der Waals surface area contributed by atoms with Crippen LogP contribution < -0.4 is 0 Å². The molecule has 0 heterocycles. The van der Waals surface area contributed by atoms with Crippen molar-refractivity contribution in [1.82, 2.24) is 0 Å². The number of hydrogen-bond donors (Lipinski definition) is 0. The summed E-state index contributed by atoms with van der Waals surface area (Å²) in [5.74, 6) is 0. The first kappa shape index (κ1) is 22.0. The van der Waals surface area contributed by atoms with Gasteiger partial charge in [-0.15, -0.1) is 131 Å². The van der Waals surface area contributed by atoms with Gasteiger partial charge in [-0.2, -0.15) is 0 Å². The molecular weight excluding hydrogens is 942 g/mol. The Morgan fingerprint density at radius 1 is 0.529 bits per heavy atom. The summed E-state index contributed by atoms with van der Waals surface area (Å²) in [6, 6.07) is 0. The van der Waals surface area contributed by atoms with Gasteiger partial charge in [-0.1, -0.05) is 41.5 Å². The van der Waals surface area contributed by atoms with Crippen LogP contribution in [0.25, 0.3) is 0 Å². The molecular formula is C8H18I6Si3. The predicted molar refractivity (Wildman–Crippen MR) is 141 cm³/mol. The molecule has 0 aliphatic rings. The molecule has 0 bridgehead atoms. The molecule has 0 aliphatic carbocycles. The molecule has 104 valence electrons. The van der Waals surface area contributed by atoms with Gasteiger partial charge in [0.05, 0.1) is 0 Å². The van der Waals surface area contributed by atoms with E-state index in [0.717, 1.165) is 0 Å². The van der Waals surface area contributed by atoms with Crippen molar-refractivity contribution in [3.63, 3.8) is 0 Å². The molecule has 0 fully saturated rings. The molecule has 0 saturated carbocycles. The van der Waals surface area contributed by atoms with Crippen LogP contribution in [-0.4, -0.2) is 7.27 Å². The smallest absolute Gasteiger partial charge is 0.108 e. The summed E-state index contributed by atoms with van der Waals surface area (Å²) >= 11 is 17.4. The van der Waals surface area contributed by atoms with Crippen molar-refractivity contribution in [1.29, 1.82) is 0 Å². The van der Waals surface area contributed by atoms with Gasteiger partial charge in [-0.25, -0.2) is 0 Å². The lowest BCUT2D eigenvalue weighted by Gasteiger charge is -2.50. The van der Waals surface area contributed by atoms with E-state index >= 15 is 0 Å². The summed E-state index contributed by atoms with van der Waals surface area (Å²) in [5, 5.41) is 0.977. The third-order valence-electron chi connectivity index (χ3n) is 2.67. The Morgan fingerprint density at radius 3 is 0.824 bits per heavy atom. The van der Waals surface area contributed by atoms with Crippen LogP contribution in [0.2, 0.25) is 10.1 Å². The quantitative estimate of drug-likeness (QED) is 0.152. The van der Waals surface area contributed by atoms with Gasteiger partial charge in [0.15, 0.2) is 0 Å². The topological polar surface area (TPSA) is 0 Å². The molecule has 0 amide bonds. The molecule has 0 saturated heterocycles. The highest BCUT2D eigenvalue weighted by molar-refractivity contribution is 14.3. The van der Waals surface area contributed by atoms with Gasteiger partial charge in [0.25, 0.3) is 0 Å². The van der Waals surface area contributed by atoms with Crippen LogP contribution in [0.3, 0.4) is 0 Å². The fourth-order valence-electron chi connectivity index (χ4n) is 1.14. The van der Waals surface area contributed by atoms with Crippen LogP contribution >= 0.6 is 131 Å². The zero-order chi connectivity index (χ0) is 14.5. The van der Waals surface area contributed by atoms with Crippen molar-refractivity contribution in [2.24, 2.45) is 0 Å². The Kier molecular flexibility index (Phi) is 8.91. The number of rotatable bonds is 2. The highest BCUT2D eigenvalue weighted by atomic mass is 127. The van der Waals surface area contributed by atoms with Crippen LogP contribution in [0.5, 0.6) is 0 Å². The Morgan fingerprint density at radius 2 is 0.706 bits per heavy atom. The molecule has 0 N–H and O–H groups in total. The first-order chi connectivity index (χ1) is 7.00. The van der Waals surface area contributed by atoms with Crippen LogP contribution in [0.1, 0.15) is 41.5 Å². The summed E-state index contributed by atoms with van der Waals surface area (Å²) in [7, 11) is 0. The van der Waals surface area contributed by atoms with Crippen LogP contribution in [-0.2, 0) is 0 Å². The van der Waals surface area contributed by atoms with Gasteiger partial charge >= 0.3 is 0 Å². The third kappa shape index (κ3) is 4.52.